The molecule has 3 nitrogen and oxygen atoms in total. The second kappa shape index (κ2) is 6.78. The number of benzene rings is 2. The lowest BCUT2D eigenvalue weighted by molar-refractivity contribution is -0.137. The molecule has 0 saturated carbocycles. The molecule has 23 heavy (non-hydrogen) atoms. The Morgan fingerprint density at radius 1 is 1.13 bits per heavy atom. The molecule has 0 aliphatic rings. The van der Waals surface area contributed by atoms with Crippen molar-refractivity contribution in [2.24, 2.45) is 5.16 Å². The molecule has 0 atom stereocenters. The summed E-state index contributed by atoms with van der Waals surface area (Å²) in [5.74, 6) is -1.53. The second-order valence-electron chi connectivity index (χ2n) is 4.36. The number of carbonyl (C=O) groups excluding carboxylic acids is 1. The van der Waals surface area contributed by atoms with Gasteiger partial charge in [-0.05, 0) is 42.0 Å². The van der Waals surface area contributed by atoms with E-state index in [0.717, 1.165) is 36.5 Å². The van der Waals surface area contributed by atoms with Crippen LogP contribution in [0.3, 0.4) is 0 Å². The second-order valence-corrected chi connectivity index (χ2v) is 4.77. The third kappa shape index (κ3) is 4.53. The molecule has 0 aliphatic carbocycles. The van der Waals surface area contributed by atoms with Crippen LogP contribution < -0.4 is 0 Å². The van der Waals surface area contributed by atoms with Gasteiger partial charge in [0, 0.05) is 0 Å². The van der Waals surface area contributed by atoms with Gasteiger partial charge in [-0.3, -0.25) is 0 Å². The molecule has 0 heterocycles. The SMILES string of the molecule is O=C(O/N=C\c1ccc(F)c(Cl)c1)c1ccc(C(F)(F)F)cc1. The predicted molar refractivity (Wildman–Crippen MR) is 75.9 cm³/mol. The Bertz CT molecular complexity index is 742. The Labute approximate surface area is 133 Å². The summed E-state index contributed by atoms with van der Waals surface area (Å²) in [7, 11) is 0. The molecule has 0 saturated heterocycles. The first-order chi connectivity index (χ1) is 10.8. The van der Waals surface area contributed by atoms with Crippen molar-refractivity contribution in [1.82, 2.24) is 0 Å². The summed E-state index contributed by atoms with van der Waals surface area (Å²) in [5.41, 5.74) is -0.581. The highest BCUT2D eigenvalue weighted by Gasteiger charge is 2.30. The van der Waals surface area contributed by atoms with Gasteiger partial charge in [0.05, 0.1) is 22.4 Å². The Morgan fingerprint density at radius 3 is 2.35 bits per heavy atom. The van der Waals surface area contributed by atoms with E-state index in [9.17, 15) is 22.4 Å². The monoisotopic (exact) mass is 345 g/mol. The van der Waals surface area contributed by atoms with Gasteiger partial charge in [-0.15, -0.1) is 0 Å². The van der Waals surface area contributed by atoms with Crippen molar-refractivity contribution in [2.45, 2.75) is 6.18 Å². The highest BCUT2D eigenvalue weighted by Crippen LogP contribution is 2.29. The first-order valence-corrected chi connectivity index (χ1v) is 6.52. The number of hydrogen-bond acceptors (Lipinski definition) is 3. The van der Waals surface area contributed by atoms with Crippen molar-refractivity contribution in [1.29, 1.82) is 0 Å². The van der Waals surface area contributed by atoms with Gasteiger partial charge in [0.2, 0.25) is 0 Å². The van der Waals surface area contributed by atoms with Gasteiger partial charge in [-0.2, -0.15) is 13.2 Å². The summed E-state index contributed by atoms with van der Waals surface area (Å²) >= 11 is 5.57. The molecule has 120 valence electrons. The Hall–Kier alpha value is -2.41. The highest BCUT2D eigenvalue weighted by molar-refractivity contribution is 6.31. The van der Waals surface area contributed by atoms with Gasteiger partial charge >= 0.3 is 12.1 Å². The summed E-state index contributed by atoms with van der Waals surface area (Å²) < 4.78 is 50.1. The van der Waals surface area contributed by atoms with Crippen LogP contribution in [0.2, 0.25) is 5.02 Å². The fourth-order valence-corrected chi connectivity index (χ4v) is 1.76. The third-order valence-electron chi connectivity index (χ3n) is 2.73. The van der Waals surface area contributed by atoms with Crippen molar-refractivity contribution >= 4 is 23.8 Å². The minimum atomic E-state index is -4.48. The molecule has 0 radical (unpaired) electrons. The van der Waals surface area contributed by atoms with E-state index >= 15 is 0 Å². The maximum absolute atomic E-state index is 12.9. The maximum Gasteiger partial charge on any atom is 0.416 e. The standard InChI is InChI=1S/C15H8ClF4NO2/c16-12-7-9(1-6-13(12)17)8-21-23-14(22)10-2-4-11(5-3-10)15(18,19)20/h1-8H/b21-8-. The lowest BCUT2D eigenvalue weighted by Gasteiger charge is -2.06. The molecule has 8 heteroatoms. The first kappa shape index (κ1) is 17.0. The van der Waals surface area contributed by atoms with Gasteiger partial charge in [0.25, 0.3) is 0 Å². The number of halogens is 5. The molecule has 0 fully saturated rings. The molecule has 0 aromatic heterocycles. The van der Waals surface area contributed by atoms with Crippen LogP contribution >= 0.6 is 11.6 Å². The number of alkyl halides is 3. The van der Waals surface area contributed by atoms with Crippen molar-refractivity contribution in [3.63, 3.8) is 0 Å². The largest absolute Gasteiger partial charge is 0.416 e. The van der Waals surface area contributed by atoms with Crippen LogP contribution in [0.5, 0.6) is 0 Å². The Balaban J connectivity index is 2.01. The molecule has 2 aromatic rings. The van der Waals surface area contributed by atoms with Crippen molar-refractivity contribution < 1.29 is 27.2 Å². The summed E-state index contributed by atoms with van der Waals surface area (Å²) in [4.78, 5) is 16.2. The van der Waals surface area contributed by atoms with Crippen LogP contribution in [-0.4, -0.2) is 12.2 Å². The van der Waals surface area contributed by atoms with Crippen LogP contribution in [0.4, 0.5) is 17.6 Å². The molecule has 0 bridgehead atoms. The Kier molecular flexibility index (Phi) is 5.00. The quantitative estimate of drug-likeness (QED) is 0.350. The third-order valence-corrected chi connectivity index (χ3v) is 3.02. The zero-order valence-electron chi connectivity index (χ0n) is 11.3. The minimum Gasteiger partial charge on any atom is -0.313 e. The molecule has 0 spiro atoms. The molecule has 0 amide bonds. The number of hydrogen-bond donors (Lipinski definition) is 0. The van der Waals surface area contributed by atoms with E-state index in [0.29, 0.717) is 5.56 Å². The molecule has 2 aromatic carbocycles. The summed E-state index contributed by atoms with van der Waals surface area (Å²) in [6, 6.07) is 7.23. The molecule has 0 unspecified atom stereocenters. The maximum atomic E-state index is 12.9. The zero-order chi connectivity index (χ0) is 17.0. The number of nitrogens with zero attached hydrogens (tertiary/aromatic N) is 1. The number of rotatable bonds is 3. The minimum absolute atomic E-state index is 0.0905. The van der Waals surface area contributed by atoms with Gasteiger partial charge < -0.3 is 4.84 Å². The van der Waals surface area contributed by atoms with Crippen LogP contribution in [0.1, 0.15) is 21.5 Å². The fourth-order valence-electron chi connectivity index (χ4n) is 1.58. The molecule has 0 aliphatic heterocycles. The molecular weight excluding hydrogens is 338 g/mol. The lowest BCUT2D eigenvalue weighted by atomic mass is 10.1. The summed E-state index contributed by atoms with van der Waals surface area (Å²) in [5, 5.41) is 3.26. The van der Waals surface area contributed by atoms with Crippen LogP contribution in [0.25, 0.3) is 0 Å². The summed E-state index contributed by atoms with van der Waals surface area (Å²) in [6.07, 6.45) is -3.37. The number of carbonyl (C=O) groups is 1. The Morgan fingerprint density at radius 2 is 1.78 bits per heavy atom. The van der Waals surface area contributed by atoms with E-state index in [-0.39, 0.29) is 10.6 Å². The number of oxime groups is 1. The van der Waals surface area contributed by atoms with Crippen molar-refractivity contribution in [3.8, 4) is 0 Å². The topological polar surface area (TPSA) is 38.7 Å². The van der Waals surface area contributed by atoms with Gasteiger partial charge in [-0.25, -0.2) is 9.18 Å². The highest BCUT2D eigenvalue weighted by atomic mass is 35.5. The van der Waals surface area contributed by atoms with Gasteiger partial charge in [0.1, 0.15) is 5.82 Å². The predicted octanol–water partition coefficient (Wildman–Crippen LogP) is 4.69. The van der Waals surface area contributed by atoms with Crippen LogP contribution in [0.15, 0.2) is 47.6 Å². The van der Waals surface area contributed by atoms with E-state index in [1.54, 1.807) is 0 Å². The van der Waals surface area contributed by atoms with Crippen LogP contribution in [-0.2, 0) is 11.0 Å². The lowest BCUT2D eigenvalue weighted by Crippen LogP contribution is -2.06. The molecule has 2 rings (SSSR count). The van der Waals surface area contributed by atoms with E-state index in [4.69, 9.17) is 11.6 Å². The zero-order valence-corrected chi connectivity index (χ0v) is 12.0. The smallest absolute Gasteiger partial charge is 0.313 e. The van der Waals surface area contributed by atoms with Crippen LogP contribution in [0, 0.1) is 5.82 Å². The average molecular weight is 346 g/mol. The van der Waals surface area contributed by atoms with E-state index < -0.39 is 23.5 Å². The van der Waals surface area contributed by atoms with Crippen molar-refractivity contribution in [3.05, 3.63) is 70.0 Å². The van der Waals surface area contributed by atoms with Gasteiger partial charge in [0.15, 0.2) is 0 Å². The average Bonchev–Trinajstić information content (AvgIpc) is 2.50. The normalized spacial score (nSPS) is 11.7. The fraction of sp³-hybridized carbons (Fsp3) is 0.0667. The van der Waals surface area contributed by atoms with E-state index in [1.165, 1.54) is 12.1 Å². The van der Waals surface area contributed by atoms with Crippen molar-refractivity contribution in [2.75, 3.05) is 0 Å². The van der Waals surface area contributed by atoms with Gasteiger partial charge in [-0.1, -0.05) is 22.8 Å². The molecule has 0 N–H and O–H groups in total. The van der Waals surface area contributed by atoms with E-state index in [2.05, 4.69) is 9.99 Å². The molecular formula is C15H8ClF4NO2. The summed E-state index contributed by atoms with van der Waals surface area (Å²) in [6.45, 7) is 0. The van der Waals surface area contributed by atoms with E-state index in [1.807, 2.05) is 0 Å². The first-order valence-electron chi connectivity index (χ1n) is 6.14.